The molecule has 0 amide bonds. The number of sulfonamides is 1. The lowest BCUT2D eigenvalue weighted by Gasteiger charge is -2.14. The molecule has 0 atom stereocenters. The van der Waals surface area contributed by atoms with E-state index in [1.54, 1.807) is 23.5 Å². The van der Waals surface area contributed by atoms with E-state index < -0.39 is 14.9 Å². The molecule has 0 saturated carbocycles. The number of nitrogens with one attached hydrogen (secondary N) is 1. The summed E-state index contributed by atoms with van der Waals surface area (Å²) < 4.78 is 25.0. The van der Waals surface area contributed by atoms with Crippen molar-refractivity contribution in [2.75, 3.05) is 25.4 Å². The maximum atomic E-state index is 11.7. The van der Waals surface area contributed by atoms with Crippen molar-refractivity contribution in [1.82, 2.24) is 9.62 Å². The molecule has 25 heavy (non-hydrogen) atoms. The van der Waals surface area contributed by atoms with Gasteiger partial charge in [0, 0.05) is 48.1 Å². The van der Waals surface area contributed by atoms with Crippen LogP contribution in [0.15, 0.2) is 36.4 Å². The van der Waals surface area contributed by atoms with Crippen LogP contribution in [0.1, 0.15) is 11.3 Å². The van der Waals surface area contributed by atoms with Gasteiger partial charge in [0.2, 0.25) is 10.0 Å². The molecule has 1 fully saturated rings. The number of nitrogens with zero attached hydrogens (tertiary/aromatic N) is 2. The van der Waals surface area contributed by atoms with Crippen molar-refractivity contribution in [3.8, 4) is 10.4 Å². The summed E-state index contributed by atoms with van der Waals surface area (Å²) in [5, 5.41) is 14.0. The number of hydrogen-bond acceptors (Lipinski definition) is 6. The van der Waals surface area contributed by atoms with Gasteiger partial charge in [-0.2, -0.15) is 0 Å². The van der Waals surface area contributed by atoms with Crippen LogP contribution in [0.3, 0.4) is 0 Å². The van der Waals surface area contributed by atoms with E-state index in [1.165, 1.54) is 16.4 Å². The van der Waals surface area contributed by atoms with Crippen LogP contribution in [0.5, 0.6) is 0 Å². The lowest BCUT2D eigenvalue weighted by atomic mass is 10.2. The molecular weight excluding hydrogens is 362 g/mol. The molecule has 2 heterocycles. The summed E-state index contributed by atoms with van der Waals surface area (Å²) in [4.78, 5) is 12.5. The van der Waals surface area contributed by atoms with Crippen LogP contribution in [-0.4, -0.2) is 43.0 Å². The SMILES string of the molecule is O=[N+]([O-])c1ccc(-c2ccc(CNCCN3CCCS3(=O)=O)s2)cc1. The van der Waals surface area contributed by atoms with Crippen LogP contribution >= 0.6 is 11.3 Å². The zero-order valence-electron chi connectivity index (χ0n) is 13.6. The molecule has 1 saturated heterocycles. The second kappa shape index (κ2) is 7.61. The Hall–Kier alpha value is -1.81. The van der Waals surface area contributed by atoms with Gasteiger partial charge in [0.1, 0.15) is 0 Å². The zero-order valence-corrected chi connectivity index (χ0v) is 15.2. The van der Waals surface area contributed by atoms with Gasteiger partial charge in [0.25, 0.3) is 5.69 Å². The predicted molar refractivity (Wildman–Crippen MR) is 98.1 cm³/mol. The van der Waals surface area contributed by atoms with E-state index >= 15 is 0 Å². The number of non-ortho nitro benzene ring substituents is 1. The summed E-state index contributed by atoms with van der Waals surface area (Å²) in [6.45, 7) is 2.41. The van der Waals surface area contributed by atoms with Gasteiger partial charge in [-0.15, -0.1) is 11.3 Å². The Balaban J connectivity index is 1.51. The van der Waals surface area contributed by atoms with Crippen molar-refractivity contribution in [2.24, 2.45) is 0 Å². The molecule has 1 aliphatic heterocycles. The molecular formula is C16H19N3O4S2. The third-order valence-corrected chi connectivity index (χ3v) is 7.16. The third kappa shape index (κ3) is 4.43. The first kappa shape index (κ1) is 18.0. The molecule has 9 heteroatoms. The number of thiophene rings is 1. The van der Waals surface area contributed by atoms with Crippen LogP contribution in [-0.2, 0) is 16.6 Å². The first-order valence-corrected chi connectivity index (χ1v) is 10.4. The first-order chi connectivity index (χ1) is 12.0. The van der Waals surface area contributed by atoms with Gasteiger partial charge in [-0.05, 0) is 36.2 Å². The molecule has 0 radical (unpaired) electrons. The van der Waals surface area contributed by atoms with Gasteiger partial charge >= 0.3 is 0 Å². The minimum absolute atomic E-state index is 0.0825. The zero-order chi connectivity index (χ0) is 17.9. The molecule has 1 N–H and O–H groups in total. The fourth-order valence-electron chi connectivity index (χ4n) is 2.73. The fourth-order valence-corrected chi connectivity index (χ4v) is 5.24. The minimum atomic E-state index is -3.03. The van der Waals surface area contributed by atoms with Gasteiger partial charge in [-0.25, -0.2) is 12.7 Å². The fraction of sp³-hybridized carbons (Fsp3) is 0.375. The summed E-state index contributed by atoms with van der Waals surface area (Å²) in [6, 6.07) is 10.5. The van der Waals surface area contributed by atoms with Crippen LogP contribution in [0.25, 0.3) is 10.4 Å². The highest BCUT2D eigenvalue weighted by Crippen LogP contribution is 2.29. The Morgan fingerprint density at radius 1 is 1.20 bits per heavy atom. The second-order valence-electron chi connectivity index (χ2n) is 5.82. The summed E-state index contributed by atoms with van der Waals surface area (Å²) in [7, 11) is -3.03. The first-order valence-electron chi connectivity index (χ1n) is 7.98. The van der Waals surface area contributed by atoms with Crippen LogP contribution in [0.2, 0.25) is 0 Å². The van der Waals surface area contributed by atoms with E-state index in [2.05, 4.69) is 5.32 Å². The van der Waals surface area contributed by atoms with Gasteiger partial charge in [-0.3, -0.25) is 10.1 Å². The maximum absolute atomic E-state index is 11.7. The van der Waals surface area contributed by atoms with Crippen LogP contribution in [0.4, 0.5) is 5.69 Å². The van der Waals surface area contributed by atoms with Gasteiger partial charge < -0.3 is 5.32 Å². The number of nitro benzene ring substituents is 1. The smallest absolute Gasteiger partial charge is 0.269 e. The molecule has 1 aromatic heterocycles. The second-order valence-corrected chi connectivity index (χ2v) is 9.07. The normalized spacial score (nSPS) is 17.0. The molecule has 2 aromatic rings. The van der Waals surface area contributed by atoms with Crippen molar-refractivity contribution in [3.63, 3.8) is 0 Å². The number of hydrogen-bond donors (Lipinski definition) is 1. The number of nitro groups is 1. The number of rotatable bonds is 7. The molecule has 134 valence electrons. The van der Waals surface area contributed by atoms with Crippen LogP contribution < -0.4 is 5.32 Å². The number of benzene rings is 1. The molecule has 3 rings (SSSR count). The Morgan fingerprint density at radius 2 is 1.96 bits per heavy atom. The van der Waals surface area contributed by atoms with Gasteiger partial charge in [0.05, 0.1) is 10.7 Å². The molecule has 7 nitrogen and oxygen atoms in total. The Kier molecular flexibility index (Phi) is 5.48. The highest BCUT2D eigenvalue weighted by atomic mass is 32.2. The Labute approximate surface area is 150 Å². The molecule has 0 unspecified atom stereocenters. The highest BCUT2D eigenvalue weighted by Gasteiger charge is 2.27. The average Bonchev–Trinajstić information content (AvgIpc) is 3.18. The van der Waals surface area contributed by atoms with E-state index in [1.807, 2.05) is 12.1 Å². The van der Waals surface area contributed by atoms with E-state index in [-0.39, 0.29) is 11.4 Å². The van der Waals surface area contributed by atoms with Gasteiger partial charge in [0.15, 0.2) is 0 Å². The quantitative estimate of drug-likeness (QED) is 0.452. The van der Waals surface area contributed by atoms with Gasteiger partial charge in [-0.1, -0.05) is 0 Å². The van der Waals surface area contributed by atoms with Crippen molar-refractivity contribution >= 4 is 27.0 Å². The standard InChI is InChI=1S/C16H19N3O4S2/c20-19(21)14-4-2-13(3-5-14)16-7-6-15(24-16)12-17-8-10-18-9-1-11-25(18,22)23/h2-7,17H,1,8-12H2. The maximum Gasteiger partial charge on any atom is 0.269 e. The van der Waals surface area contributed by atoms with Crippen molar-refractivity contribution in [2.45, 2.75) is 13.0 Å². The van der Waals surface area contributed by atoms with E-state index in [4.69, 9.17) is 0 Å². The van der Waals surface area contributed by atoms with Crippen molar-refractivity contribution < 1.29 is 13.3 Å². The summed E-state index contributed by atoms with van der Waals surface area (Å²) in [5.41, 5.74) is 1.03. The summed E-state index contributed by atoms with van der Waals surface area (Å²) in [5.74, 6) is 0.260. The largest absolute Gasteiger partial charge is 0.311 e. The summed E-state index contributed by atoms with van der Waals surface area (Å²) >= 11 is 1.62. The highest BCUT2D eigenvalue weighted by molar-refractivity contribution is 7.89. The Morgan fingerprint density at radius 3 is 2.60 bits per heavy atom. The van der Waals surface area contributed by atoms with Crippen molar-refractivity contribution in [3.05, 3.63) is 51.4 Å². The lowest BCUT2D eigenvalue weighted by molar-refractivity contribution is -0.384. The molecule has 0 bridgehead atoms. The van der Waals surface area contributed by atoms with E-state index in [0.717, 1.165) is 15.3 Å². The topological polar surface area (TPSA) is 92.6 Å². The average molecular weight is 381 g/mol. The molecule has 0 aliphatic carbocycles. The third-order valence-electron chi connectivity index (χ3n) is 4.06. The summed E-state index contributed by atoms with van der Waals surface area (Å²) in [6.07, 6.45) is 0.714. The van der Waals surface area contributed by atoms with Crippen molar-refractivity contribution in [1.29, 1.82) is 0 Å². The predicted octanol–water partition coefficient (Wildman–Crippen LogP) is 2.45. The molecule has 0 spiro atoms. The monoisotopic (exact) mass is 381 g/mol. The minimum Gasteiger partial charge on any atom is -0.311 e. The molecule has 1 aromatic carbocycles. The van der Waals surface area contributed by atoms with E-state index in [0.29, 0.717) is 32.6 Å². The lowest BCUT2D eigenvalue weighted by Crippen LogP contribution is -2.33. The van der Waals surface area contributed by atoms with Crippen LogP contribution in [0, 0.1) is 10.1 Å². The van der Waals surface area contributed by atoms with E-state index in [9.17, 15) is 18.5 Å². The molecule has 1 aliphatic rings. The Bertz CT molecular complexity index is 847.